The van der Waals surface area contributed by atoms with E-state index in [0.29, 0.717) is 0 Å². The molecule has 63 valence electrons. The first-order valence-electron chi connectivity index (χ1n) is 4.01. The van der Waals surface area contributed by atoms with Gasteiger partial charge in [-0.25, -0.2) is 0 Å². The van der Waals surface area contributed by atoms with Gasteiger partial charge in [0.05, 0.1) is 0 Å². The predicted octanol–water partition coefficient (Wildman–Crippen LogP) is 1.84. The van der Waals surface area contributed by atoms with Gasteiger partial charge in [-0.15, -0.1) is 0 Å². The molecule has 0 bridgehead atoms. The van der Waals surface area contributed by atoms with Crippen LogP contribution in [0, 0.1) is 6.07 Å². The van der Waals surface area contributed by atoms with Crippen LogP contribution in [0.2, 0.25) is 0 Å². The van der Waals surface area contributed by atoms with Gasteiger partial charge >= 0.3 is 0 Å². The van der Waals surface area contributed by atoms with Crippen LogP contribution >= 0.6 is 0 Å². The van der Waals surface area contributed by atoms with Crippen LogP contribution in [0.1, 0.15) is 0 Å². The highest BCUT2D eigenvalue weighted by Crippen LogP contribution is 2.15. The zero-order valence-corrected chi connectivity index (χ0v) is 6.95. The SMILES string of the molecule is O=c1ccc(-c2c[c]ccc2)c[nH]1. The van der Waals surface area contributed by atoms with E-state index in [-0.39, 0.29) is 5.56 Å². The van der Waals surface area contributed by atoms with E-state index >= 15 is 0 Å². The third-order valence-electron chi connectivity index (χ3n) is 1.82. The molecule has 0 spiro atoms. The minimum atomic E-state index is -0.0799. The fourth-order valence-corrected chi connectivity index (χ4v) is 1.16. The molecule has 0 aliphatic rings. The molecule has 0 saturated carbocycles. The van der Waals surface area contributed by atoms with Gasteiger partial charge in [-0.05, 0) is 29.3 Å². The lowest BCUT2D eigenvalue weighted by molar-refractivity contribution is 1.24. The number of nitrogens with one attached hydrogen (secondary N) is 1. The summed E-state index contributed by atoms with van der Waals surface area (Å²) in [6, 6.07) is 13.9. The molecule has 1 radical (unpaired) electrons. The number of rotatable bonds is 1. The van der Waals surface area contributed by atoms with Crippen molar-refractivity contribution < 1.29 is 0 Å². The minimum absolute atomic E-state index is 0.0799. The maximum absolute atomic E-state index is 10.8. The normalized spacial score (nSPS) is 9.85. The summed E-state index contributed by atoms with van der Waals surface area (Å²) in [6.07, 6.45) is 1.70. The predicted molar refractivity (Wildman–Crippen MR) is 51.3 cm³/mol. The van der Waals surface area contributed by atoms with Gasteiger partial charge in [0.25, 0.3) is 0 Å². The van der Waals surface area contributed by atoms with Crippen molar-refractivity contribution in [2.75, 3.05) is 0 Å². The van der Waals surface area contributed by atoms with Crippen molar-refractivity contribution in [2.45, 2.75) is 0 Å². The molecule has 0 amide bonds. The van der Waals surface area contributed by atoms with Crippen LogP contribution in [-0.4, -0.2) is 4.98 Å². The largest absolute Gasteiger partial charge is 0.328 e. The maximum Gasteiger partial charge on any atom is 0.247 e. The molecule has 1 N–H and O–H groups in total. The molecule has 2 rings (SSSR count). The molecular weight excluding hydrogens is 162 g/mol. The third kappa shape index (κ3) is 1.67. The average molecular weight is 170 g/mol. The van der Waals surface area contributed by atoms with Gasteiger partial charge in [-0.3, -0.25) is 4.79 Å². The lowest BCUT2D eigenvalue weighted by atomic mass is 10.1. The van der Waals surface area contributed by atoms with Gasteiger partial charge in [-0.2, -0.15) is 0 Å². The van der Waals surface area contributed by atoms with Crippen LogP contribution in [-0.2, 0) is 0 Å². The van der Waals surface area contributed by atoms with E-state index in [1.807, 2.05) is 24.3 Å². The van der Waals surface area contributed by atoms with Crippen molar-refractivity contribution >= 4 is 0 Å². The van der Waals surface area contributed by atoms with E-state index < -0.39 is 0 Å². The molecule has 1 aromatic heterocycles. The van der Waals surface area contributed by atoms with E-state index in [1.54, 1.807) is 12.3 Å². The summed E-state index contributed by atoms with van der Waals surface area (Å²) in [4.78, 5) is 13.4. The number of hydrogen-bond donors (Lipinski definition) is 1. The fraction of sp³-hybridized carbons (Fsp3) is 0. The van der Waals surface area contributed by atoms with E-state index in [2.05, 4.69) is 11.1 Å². The third-order valence-corrected chi connectivity index (χ3v) is 1.82. The topological polar surface area (TPSA) is 32.9 Å². The number of hydrogen-bond acceptors (Lipinski definition) is 1. The van der Waals surface area contributed by atoms with Gasteiger partial charge < -0.3 is 4.98 Å². The zero-order chi connectivity index (χ0) is 9.10. The molecule has 13 heavy (non-hydrogen) atoms. The van der Waals surface area contributed by atoms with Gasteiger partial charge in [0.15, 0.2) is 0 Å². The summed E-state index contributed by atoms with van der Waals surface area (Å²) in [5.74, 6) is 0. The van der Waals surface area contributed by atoms with E-state index in [9.17, 15) is 4.79 Å². The first kappa shape index (κ1) is 7.80. The molecule has 0 saturated heterocycles. The highest BCUT2D eigenvalue weighted by molar-refractivity contribution is 5.61. The van der Waals surface area contributed by atoms with Gasteiger partial charge in [0.1, 0.15) is 0 Å². The Bertz CT molecular complexity index is 425. The number of pyridine rings is 1. The Morgan fingerprint density at radius 3 is 2.69 bits per heavy atom. The summed E-state index contributed by atoms with van der Waals surface area (Å²) >= 11 is 0. The van der Waals surface area contributed by atoms with Crippen LogP contribution in [0.5, 0.6) is 0 Å². The molecule has 1 aromatic carbocycles. The number of H-pyrrole nitrogens is 1. The van der Waals surface area contributed by atoms with Crippen molar-refractivity contribution in [3.05, 3.63) is 59.0 Å². The quantitative estimate of drug-likeness (QED) is 0.696. The lowest BCUT2D eigenvalue weighted by Crippen LogP contribution is -2.01. The second-order valence-electron chi connectivity index (χ2n) is 2.73. The number of aromatic nitrogens is 1. The van der Waals surface area contributed by atoms with Crippen LogP contribution in [0.15, 0.2) is 47.4 Å². The summed E-state index contributed by atoms with van der Waals surface area (Å²) < 4.78 is 0. The van der Waals surface area contributed by atoms with E-state index in [1.165, 1.54) is 6.07 Å². The number of aromatic amines is 1. The second kappa shape index (κ2) is 3.27. The van der Waals surface area contributed by atoms with Crippen molar-refractivity contribution in [3.8, 4) is 11.1 Å². The summed E-state index contributed by atoms with van der Waals surface area (Å²) in [5, 5.41) is 0. The number of benzene rings is 1. The van der Waals surface area contributed by atoms with Gasteiger partial charge in [-0.1, -0.05) is 18.2 Å². The molecule has 0 atom stereocenters. The molecule has 2 nitrogen and oxygen atoms in total. The standard InChI is InChI=1S/C11H8NO/c13-11-7-6-10(8-12-11)9-4-2-1-3-5-9/h1-2,4-8H,(H,12,13). The zero-order valence-electron chi connectivity index (χ0n) is 6.95. The fourth-order valence-electron chi connectivity index (χ4n) is 1.16. The summed E-state index contributed by atoms with van der Waals surface area (Å²) in [7, 11) is 0. The van der Waals surface area contributed by atoms with Crippen molar-refractivity contribution in [1.29, 1.82) is 0 Å². The van der Waals surface area contributed by atoms with Crippen LogP contribution in [0.25, 0.3) is 11.1 Å². The molecule has 2 heteroatoms. The highest BCUT2D eigenvalue weighted by Gasteiger charge is 1.94. The second-order valence-corrected chi connectivity index (χ2v) is 2.73. The Morgan fingerprint density at radius 2 is 2.08 bits per heavy atom. The Hall–Kier alpha value is -1.83. The van der Waals surface area contributed by atoms with Crippen LogP contribution in [0.3, 0.4) is 0 Å². The Morgan fingerprint density at radius 1 is 1.15 bits per heavy atom. The molecule has 0 unspecified atom stereocenters. The lowest BCUT2D eigenvalue weighted by Gasteiger charge is -1.98. The molecular formula is C11H8NO. The molecule has 0 aliphatic carbocycles. The smallest absolute Gasteiger partial charge is 0.247 e. The van der Waals surface area contributed by atoms with E-state index in [0.717, 1.165) is 11.1 Å². The summed E-state index contributed by atoms with van der Waals surface area (Å²) in [6.45, 7) is 0. The maximum atomic E-state index is 10.8. The average Bonchev–Trinajstić information content (AvgIpc) is 2.20. The van der Waals surface area contributed by atoms with Crippen LogP contribution in [0.4, 0.5) is 0 Å². The van der Waals surface area contributed by atoms with Gasteiger partial charge in [0.2, 0.25) is 5.56 Å². The van der Waals surface area contributed by atoms with Crippen LogP contribution < -0.4 is 5.56 Å². The molecule has 0 fully saturated rings. The van der Waals surface area contributed by atoms with Crippen molar-refractivity contribution in [3.63, 3.8) is 0 Å². The van der Waals surface area contributed by atoms with Crippen molar-refractivity contribution in [1.82, 2.24) is 4.98 Å². The van der Waals surface area contributed by atoms with Gasteiger partial charge in [0, 0.05) is 12.3 Å². The Kier molecular flexibility index (Phi) is 1.96. The summed E-state index contributed by atoms with van der Waals surface area (Å²) in [5.41, 5.74) is 1.97. The van der Waals surface area contributed by atoms with E-state index in [4.69, 9.17) is 0 Å². The minimum Gasteiger partial charge on any atom is -0.328 e. The first-order chi connectivity index (χ1) is 6.36. The molecule has 2 aromatic rings. The van der Waals surface area contributed by atoms with Crippen molar-refractivity contribution in [2.24, 2.45) is 0 Å². The highest BCUT2D eigenvalue weighted by atomic mass is 16.1. The first-order valence-corrected chi connectivity index (χ1v) is 4.01. The monoisotopic (exact) mass is 170 g/mol. The molecule has 1 heterocycles. The Balaban J connectivity index is 2.48. The Labute approximate surface area is 75.9 Å². The molecule has 0 aliphatic heterocycles.